The summed E-state index contributed by atoms with van der Waals surface area (Å²) in [7, 11) is 0. The number of anilines is 1. The minimum Gasteiger partial charge on any atom is -0.444 e. The van der Waals surface area contributed by atoms with Crippen LogP contribution >= 0.6 is 0 Å². The predicted octanol–water partition coefficient (Wildman–Crippen LogP) is 2.54. The molecule has 264 valence electrons. The van der Waals surface area contributed by atoms with Gasteiger partial charge in [0.15, 0.2) is 0 Å². The molecule has 0 bridgehead atoms. The molecule has 17 nitrogen and oxygen atoms in total. The lowest BCUT2D eigenvalue weighted by atomic mass is 10.0. The van der Waals surface area contributed by atoms with Gasteiger partial charge in [-0.1, -0.05) is 60.7 Å². The van der Waals surface area contributed by atoms with E-state index >= 15 is 0 Å². The van der Waals surface area contributed by atoms with Crippen molar-refractivity contribution in [2.75, 3.05) is 18.4 Å². The van der Waals surface area contributed by atoms with Crippen molar-refractivity contribution in [2.45, 2.75) is 51.3 Å². The van der Waals surface area contributed by atoms with Gasteiger partial charge in [0.1, 0.15) is 29.9 Å². The fourth-order valence-corrected chi connectivity index (χ4v) is 4.45. The number of nitro groups is 2. The fraction of sp³-hybridized carbons (Fsp3) is 0.303. The van der Waals surface area contributed by atoms with Crippen molar-refractivity contribution < 1.29 is 38.6 Å². The van der Waals surface area contributed by atoms with Gasteiger partial charge in [-0.2, -0.15) is 0 Å². The Balaban J connectivity index is 1.78. The summed E-state index contributed by atoms with van der Waals surface area (Å²) in [6.07, 6.45) is -0.902. The smallest absolute Gasteiger partial charge is 0.408 e. The molecule has 17 heteroatoms. The summed E-state index contributed by atoms with van der Waals surface area (Å²) in [6.45, 7) is 3.94. The Morgan fingerprint density at radius 2 is 1.24 bits per heavy atom. The molecule has 0 saturated carbocycles. The number of nitrogens with zero attached hydrogens (tertiary/aromatic N) is 2. The number of benzene rings is 3. The van der Waals surface area contributed by atoms with E-state index in [1.165, 1.54) is 0 Å². The highest BCUT2D eigenvalue weighted by Gasteiger charge is 2.29. The molecule has 2 atom stereocenters. The van der Waals surface area contributed by atoms with E-state index in [-0.39, 0.29) is 18.5 Å². The summed E-state index contributed by atoms with van der Waals surface area (Å²) >= 11 is 0. The molecule has 0 aliphatic carbocycles. The summed E-state index contributed by atoms with van der Waals surface area (Å²) < 4.78 is 5.06. The van der Waals surface area contributed by atoms with E-state index in [1.54, 1.807) is 81.4 Å². The van der Waals surface area contributed by atoms with E-state index in [1.807, 2.05) is 0 Å². The number of non-ortho nitro benzene ring substituents is 1. The van der Waals surface area contributed by atoms with Gasteiger partial charge in [0.25, 0.3) is 11.4 Å². The molecule has 0 radical (unpaired) electrons. The lowest BCUT2D eigenvalue weighted by Crippen LogP contribution is -2.55. The van der Waals surface area contributed by atoms with Gasteiger partial charge < -0.3 is 31.3 Å². The third-order valence-corrected chi connectivity index (χ3v) is 6.73. The van der Waals surface area contributed by atoms with Crippen LogP contribution in [0.4, 0.5) is 21.9 Å². The van der Waals surface area contributed by atoms with E-state index in [4.69, 9.17) is 4.74 Å². The van der Waals surface area contributed by atoms with E-state index in [9.17, 15) is 44.2 Å². The minimum atomic E-state index is -1.33. The van der Waals surface area contributed by atoms with Crippen molar-refractivity contribution in [3.05, 3.63) is 110 Å². The lowest BCUT2D eigenvalue weighted by Gasteiger charge is -2.24. The van der Waals surface area contributed by atoms with Gasteiger partial charge in [0.2, 0.25) is 23.6 Å². The number of carbonyl (C=O) groups excluding carboxylic acids is 5. The van der Waals surface area contributed by atoms with Crippen LogP contribution < -0.4 is 26.6 Å². The molecule has 0 saturated heterocycles. The Morgan fingerprint density at radius 3 is 1.76 bits per heavy atom. The molecular formula is C33H37N7O10. The maximum absolute atomic E-state index is 13.7. The first kappa shape index (κ1) is 38.1. The Kier molecular flexibility index (Phi) is 13.5. The highest BCUT2D eigenvalue weighted by molar-refractivity contribution is 6.00. The molecule has 3 aromatic rings. The van der Waals surface area contributed by atoms with Gasteiger partial charge in [0.05, 0.1) is 22.5 Å². The standard InChI is InChI=1S/C33H37N7O10/c1-33(2,3)50-32(45)35-19-28(41)34-20-29(42)36-25(16-21-10-6-4-7-11-21)30(43)38-26(17-22-12-8-5-9-13-22)31(44)37-24-15-14-23(39(46)47)18-27(24)40(48)49/h4-15,18,25-26H,16-17,19-20H2,1-3H3,(H,34,41)(H,35,45)(H,36,42)(H,37,44)(H,38,43)/t25-,26-/m1/s1. The van der Waals surface area contributed by atoms with Crippen LogP contribution in [0, 0.1) is 20.2 Å². The number of alkyl carbamates (subject to hydrolysis) is 1. The van der Waals surface area contributed by atoms with Gasteiger partial charge in [-0.25, -0.2) is 4.79 Å². The molecule has 5 N–H and O–H groups in total. The largest absolute Gasteiger partial charge is 0.444 e. The first-order valence-electron chi connectivity index (χ1n) is 15.3. The van der Waals surface area contributed by atoms with Crippen molar-refractivity contribution in [2.24, 2.45) is 0 Å². The van der Waals surface area contributed by atoms with Crippen LogP contribution in [0.2, 0.25) is 0 Å². The lowest BCUT2D eigenvalue weighted by molar-refractivity contribution is -0.393. The third-order valence-electron chi connectivity index (χ3n) is 6.73. The summed E-state index contributed by atoms with van der Waals surface area (Å²) in [5.74, 6) is -3.10. The van der Waals surface area contributed by atoms with Crippen molar-refractivity contribution in [3.63, 3.8) is 0 Å². The topological polar surface area (TPSA) is 241 Å². The Labute approximate surface area is 286 Å². The van der Waals surface area contributed by atoms with Crippen LogP contribution in [-0.4, -0.2) is 70.3 Å². The maximum atomic E-state index is 13.7. The number of amides is 5. The summed E-state index contributed by atoms with van der Waals surface area (Å²) in [6, 6.07) is 17.4. The van der Waals surface area contributed by atoms with Crippen LogP contribution in [0.5, 0.6) is 0 Å². The number of ether oxygens (including phenoxy) is 1. The van der Waals surface area contributed by atoms with Crippen LogP contribution in [0.1, 0.15) is 31.9 Å². The van der Waals surface area contributed by atoms with Crippen LogP contribution in [0.15, 0.2) is 78.9 Å². The first-order chi connectivity index (χ1) is 23.6. The number of carbonyl (C=O) groups is 5. The number of hydrogen-bond acceptors (Lipinski definition) is 10. The van der Waals surface area contributed by atoms with E-state index < -0.39 is 81.7 Å². The normalized spacial score (nSPS) is 12.0. The number of rotatable bonds is 15. The molecule has 0 spiro atoms. The molecule has 0 aromatic heterocycles. The van der Waals surface area contributed by atoms with Crippen LogP contribution in [0.25, 0.3) is 0 Å². The highest BCUT2D eigenvalue weighted by atomic mass is 16.6. The predicted molar refractivity (Wildman–Crippen MR) is 180 cm³/mol. The Morgan fingerprint density at radius 1 is 0.700 bits per heavy atom. The Hall–Kier alpha value is -6.39. The van der Waals surface area contributed by atoms with Gasteiger partial charge in [-0.05, 0) is 38.0 Å². The zero-order valence-electron chi connectivity index (χ0n) is 27.5. The molecule has 3 aromatic carbocycles. The molecule has 5 amide bonds. The average Bonchev–Trinajstić information content (AvgIpc) is 3.05. The van der Waals surface area contributed by atoms with Crippen molar-refractivity contribution in [3.8, 4) is 0 Å². The second-order valence-corrected chi connectivity index (χ2v) is 11.9. The first-order valence-corrected chi connectivity index (χ1v) is 15.3. The molecule has 0 fully saturated rings. The van der Waals surface area contributed by atoms with Crippen LogP contribution in [0.3, 0.4) is 0 Å². The number of hydrogen-bond donors (Lipinski definition) is 5. The molecule has 0 aliphatic heterocycles. The molecule has 50 heavy (non-hydrogen) atoms. The van der Waals surface area contributed by atoms with Gasteiger partial charge in [-0.15, -0.1) is 0 Å². The molecular weight excluding hydrogens is 654 g/mol. The van der Waals surface area contributed by atoms with Gasteiger partial charge in [0, 0.05) is 18.9 Å². The quantitative estimate of drug-likeness (QED) is 0.115. The van der Waals surface area contributed by atoms with E-state index in [0.717, 1.165) is 12.1 Å². The number of nitro benzene ring substituents is 2. The summed E-state index contributed by atoms with van der Waals surface area (Å²) in [5, 5.41) is 35.0. The van der Waals surface area contributed by atoms with Crippen molar-refractivity contribution in [1.29, 1.82) is 0 Å². The van der Waals surface area contributed by atoms with Gasteiger partial charge in [-0.3, -0.25) is 39.4 Å². The molecule has 0 unspecified atom stereocenters. The molecule has 0 aliphatic rings. The van der Waals surface area contributed by atoms with Crippen molar-refractivity contribution >= 4 is 46.8 Å². The summed E-state index contributed by atoms with van der Waals surface area (Å²) in [4.78, 5) is 85.4. The second-order valence-electron chi connectivity index (χ2n) is 11.9. The maximum Gasteiger partial charge on any atom is 0.408 e. The average molecular weight is 692 g/mol. The fourth-order valence-electron chi connectivity index (χ4n) is 4.45. The zero-order chi connectivity index (χ0) is 36.8. The van der Waals surface area contributed by atoms with Crippen LogP contribution in [-0.2, 0) is 36.8 Å². The van der Waals surface area contributed by atoms with E-state index in [2.05, 4.69) is 26.6 Å². The monoisotopic (exact) mass is 691 g/mol. The van der Waals surface area contributed by atoms with Gasteiger partial charge >= 0.3 is 6.09 Å². The van der Waals surface area contributed by atoms with Crippen molar-refractivity contribution in [1.82, 2.24) is 21.3 Å². The summed E-state index contributed by atoms with van der Waals surface area (Å²) in [5.41, 5.74) is -1.11. The van der Waals surface area contributed by atoms with E-state index in [0.29, 0.717) is 17.2 Å². The zero-order valence-corrected chi connectivity index (χ0v) is 27.5. The molecule has 0 heterocycles. The number of nitrogens with one attached hydrogen (secondary N) is 5. The Bertz CT molecular complexity index is 1710. The second kappa shape index (κ2) is 17.7. The SMILES string of the molecule is CC(C)(C)OC(=O)NCC(=O)NCC(=O)N[C@H](Cc1ccccc1)C(=O)N[C@H](Cc1ccccc1)C(=O)Nc1ccc([N+](=O)[O-])cc1[N+](=O)[O-]. The third kappa shape index (κ3) is 12.7. The molecule has 3 rings (SSSR count). The highest BCUT2D eigenvalue weighted by Crippen LogP contribution is 2.29. The minimum absolute atomic E-state index is 0.0138.